The predicted octanol–water partition coefficient (Wildman–Crippen LogP) is 12.9. The smallest absolute Gasteiger partial charge is 0.268 e. The third-order valence-corrected chi connectivity index (χ3v) is 11.0. The Bertz CT molecular complexity index is 2870. The van der Waals surface area contributed by atoms with Crippen LogP contribution in [0.1, 0.15) is 31.8 Å². The van der Waals surface area contributed by atoms with Crippen molar-refractivity contribution >= 4 is 39.3 Å². The third kappa shape index (κ3) is 5.54. The zero-order chi connectivity index (χ0) is 37.9. The summed E-state index contributed by atoms with van der Waals surface area (Å²) in [6, 6.07) is 62.0. The molecule has 0 saturated heterocycles. The van der Waals surface area contributed by atoms with Crippen molar-refractivity contribution in [1.29, 1.82) is 0 Å². The quantitative estimate of drug-likeness (QED) is 0.161. The molecular weight excluding hydrogens is 685 g/mol. The molecule has 0 N–H and O–H groups in total. The van der Waals surface area contributed by atoms with Crippen LogP contribution >= 0.6 is 0 Å². The first kappa shape index (κ1) is 33.3. The second-order valence-electron chi connectivity index (χ2n) is 14.7. The molecule has 0 aliphatic carbocycles. The van der Waals surface area contributed by atoms with Crippen LogP contribution in [0, 0.1) is 13.8 Å². The van der Waals surface area contributed by atoms with Gasteiger partial charge in [-0.3, -0.25) is 9.59 Å². The number of benzene rings is 8. The van der Waals surface area contributed by atoms with E-state index in [1.54, 1.807) is 6.07 Å². The molecule has 1 aromatic heterocycles. The van der Waals surface area contributed by atoms with E-state index >= 15 is 4.79 Å². The average Bonchev–Trinajstić information content (AvgIpc) is 3.70. The van der Waals surface area contributed by atoms with E-state index in [9.17, 15) is 4.79 Å². The molecule has 2 amide bonds. The number of imide groups is 1. The lowest BCUT2D eigenvalue weighted by Crippen LogP contribution is -2.29. The largest absolute Gasteiger partial charge is 0.308 e. The Labute approximate surface area is 325 Å². The average molecular weight is 721 g/mol. The monoisotopic (exact) mass is 720 g/mol. The maximum Gasteiger partial charge on any atom is 0.268 e. The predicted molar refractivity (Wildman–Crippen MR) is 230 cm³/mol. The maximum absolute atomic E-state index is 15.0. The van der Waals surface area contributed by atoms with Gasteiger partial charge in [-0.1, -0.05) is 151 Å². The number of amides is 2. The Kier molecular flexibility index (Phi) is 7.86. The minimum absolute atomic E-state index is 0.335. The first-order valence-electron chi connectivity index (χ1n) is 18.9. The van der Waals surface area contributed by atoms with Crippen molar-refractivity contribution in [3.05, 3.63) is 204 Å². The Balaban J connectivity index is 1.19. The summed E-state index contributed by atoms with van der Waals surface area (Å²) in [4.78, 5) is 31.0. The normalized spacial score (nSPS) is 12.5. The van der Waals surface area contributed by atoms with E-state index in [1.807, 2.05) is 84.9 Å². The zero-order valence-electron chi connectivity index (χ0n) is 31.0. The second kappa shape index (κ2) is 13.2. The van der Waals surface area contributed by atoms with Gasteiger partial charge in [-0.25, -0.2) is 4.90 Å². The topological polar surface area (TPSA) is 42.3 Å². The van der Waals surface area contributed by atoms with Crippen molar-refractivity contribution in [1.82, 2.24) is 4.57 Å². The Morgan fingerprint density at radius 3 is 1.38 bits per heavy atom. The second-order valence-corrected chi connectivity index (χ2v) is 14.7. The standard InChI is InChI=1S/C52H36N2O2/c1-33-12-9-18-37(26-33)39-22-24-44-45-25-23-40(38-19-10-13-34(2)27-38)32-49(45)54(48(44)31-39)47-21-11-20-46-50(47)52(56)53(51(46)55)43-29-41(35-14-5-3-6-15-35)28-42(30-43)36-16-7-4-8-17-36/h3-32H,1-2H3. The van der Waals surface area contributed by atoms with Crippen LogP contribution in [0.5, 0.6) is 0 Å². The van der Waals surface area contributed by atoms with Gasteiger partial charge in [0.25, 0.3) is 11.8 Å². The molecule has 266 valence electrons. The van der Waals surface area contributed by atoms with Crippen LogP contribution in [-0.4, -0.2) is 16.4 Å². The van der Waals surface area contributed by atoms with E-state index in [0.717, 1.165) is 66.3 Å². The Hall–Kier alpha value is -7.30. The minimum atomic E-state index is -0.343. The molecule has 0 saturated carbocycles. The first-order valence-corrected chi connectivity index (χ1v) is 18.9. The zero-order valence-corrected chi connectivity index (χ0v) is 31.0. The van der Waals surface area contributed by atoms with Crippen LogP contribution in [-0.2, 0) is 0 Å². The van der Waals surface area contributed by atoms with Gasteiger partial charge in [0.15, 0.2) is 0 Å². The van der Waals surface area contributed by atoms with Crippen LogP contribution in [0.4, 0.5) is 5.69 Å². The van der Waals surface area contributed by atoms with Gasteiger partial charge in [-0.15, -0.1) is 0 Å². The molecule has 0 radical (unpaired) electrons. The van der Waals surface area contributed by atoms with Gasteiger partial charge in [-0.05, 0) is 101 Å². The van der Waals surface area contributed by atoms with Gasteiger partial charge >= 0.3 is 0 Å². The molecule has 8 aromatic carbocycles. The fraction of sp³-hybridized carbons (Fsp3) is 0.0385. The van der Waals surface area contributed by atoms with Crippen molar-refractivity contribution < 1.29 is 9.59 Å². The van der Waals surface area contributed by atoms with Crippen molar-refractivity contribution in [2.45, 2.75) is 13.8 Å². The molecule has 1 aliphatic heterocycles. The fourth-order valence-corrected chi connectivity index (χ4v) is 8.31. The number of aromatic nitrogens is 1. The minimum Gasteiger partial charge on any atom is -0.308 e. The summed E-state index contributed by atoms with van der Waals surface area (Å²) in [5.74, 6) is -0.678. The van der Waals surface area contributed by atoms with Crippen LogP contribution in [0.2, 0.25) is 0 Å². The van der Waals surface area contributed by atoms with Crippen molar-refractivity contribution in [3.63, 3.8) is 0 Å². The van der Waals surface area contributed by atoms with Crippen LogP contribution in [0.15, 0.2) is 182 Å². The highest BCUT2D eigenvalue weighted by molar-refractivity contribution is 6.36. The summed E-state index contributed by atoms with van der Waals surface area (Å²) in [5.41, 5.74) is 14.5. The van der Waals surface area contributed by atoms with Crippen LogP contribution in [0.3, 0.4) is 0 Å². The molecule has 4 heteroatoms. The number of hydrogen-bond donors (Lipinski definition) is 0. The van der Waals surface area contributed by atoms with Crippen molar-refractivity contribution in [2.75, 3.05) is 4.90 Å². The number of hydrogen-bond acceptors (Lipinski definition) is 2. The molecule has 0 spiro atoms. The molecular formula is C52H36N2O2. The molecule has 2 heterocycles. The summed E-state index contributed by atoms with van der Waals surface area (Å²) in [5, 5.41) is 2.14. The SMILES string of the molecule is Cc1cccc(-c2ccc3c4ccc(-c5cccc(C)c5)cc4n(-c4cccc5c4C(=O)N(c4cc(-c6ccccc6)cc(-c6ccccc6)c4)C5=O)c3c2)c1. The van der Waals surface area contributed by atoms with E-state index in [0.29, 0.717) is 22.5 Å². The van der Waals surface area contributed by atoms with Crippen molar-refractivity contribution in [2.24, 2.45) is 0 Å². The van der Waals surface area contributed by atoms with E-state index < -0.39 is 0 Å². The number of aryl methyl sites for hydroxylation is 2. The van der Waals surface area contributed by atoms with Gasteiger partial charge in [0.05, 0.1) is 33.5 Å². The highest BCUT2D eigenvalue weighted by Crippen LogP contribution is 2.42. The highest BCUT2D eigenvalue weighted by Gasteiger charge is 2.39. The lowest BCUT2D eigenvalue weighted by atomic mass is 9.97. The molecule has 10 rings (SSSR count). The number of rotatable bonds is 6. The summed E-state index contributed by atoms with van der Waals surface area (Å²) < 4.78 is 2.19. The summed E-state index contributed by atoms with van der Waals surface area (Å²) >= 11 is 0. The van der Waals surface area contributed by atoms with Gasteiger partial charge in [-0.2, -0.15) is 0 Å². The number of fused-ring (bicyclic) bond motifs is 4. The molecule has 9 aromatic rings. The Morgan fingerprint density at radius 2 is 0.857 bits per heavy atom. The van der Waals surface area contributed by atoms with E-state index in [-0.39, 0.29) is 11.8 Å². The number of nitrogens with zero attached hydrogens (tertiary/aromatic N) is 2. The molecule has 0 atom stereocenters. The van der Waals surface area contributed by atoms with E-state index in [4.69, 9.17) is 0 Å². The van der Waals surface area contributed by atoms with Gasteiger partial charge in [0.1, 0.15) is 0 Å². The molecule has 0 fully saturated rings. The van der Waals surface area contributed by atoms with E-state index in [2.05, 4.69) is 109 Å². The third-order valence-electron chi connectivity index (χ3n) is 11.0. The van der Waals surface area contributed by atoms with Gasteiger partial charge in [0, 0.05) is 10.8 Å². The fourth-order valence-electron chi connectivity index (χ4n) is 8.31. The first-order chi connectivity index (χ1) is 27.4. The number of anilines is 1. The molecule has 4 nitrogen and oxygen atoms in total. The van der Waals surface area contributed by atoms with E-state index in [1.165, 1.54) is 16.0 Å². The molecule has 0 bridgehead atoms. The van der Waals surface area contributed by atoms with Crippen molar-refractivity contribution in [3.8, 4) is 50.2 Å². The maximum atomic E-state index is 15.0. The van der Waals surface area contributed by atoms with Gasteiger partial charge in [0.2, 0.25) is 0 Å². The lowest BCUT2D eigenvalue weighted by Gasteiger charge is -2.18. The lowest BCUT2D eigenvalue weighted by molar-refractivity contribution is 0.0926. The highest BCUT2D eigenvalue weighted by atomic mass is 16.2. The summed E-state index contributed by atoms with van der Waals surface area (Å²) in [7, 11) is 0. The Morgan fingerprint density at radius 1 is 0.375 bits per heavy atom. The summed E-state index contributed by atoms with van der Waals surface area (Å²) in [6.45, 7) is 4.21. The molecule has 0 unspecified atom stereocenters. The number of carbonyl (C=O) groups excluding carboxylic acids is 2. The molecule has 1 aliphatic rings. The van der Waals surface area contributed by atoms with Crippen LogP contribution < -0.4 is 4.90 Å². The van der Waals surface area contributed by atoms with Gasteiger partial charge < -0.3 is 4.57 Å². The summed E-state index contributed by atoms with van der Waals surface area (Å²) in [6.07, 6.45) is 0. The molecule has 56 heavy (non-hydrogen) atoms. The number of carbonyl (C=O) groups is 2. The van der Waals surface area contributed by atoms with Crippen LogP contribution in [0.25, 0.3) is 72.0 Å².